The van der Waals surface area contributed by atoms with Gasteiger partial charge in [-0.1, -0.05) is 51.4 Å². The number of rotatable bonds is 12. The van der Waals surface area contributed by atoms with Crippen LogP contribution in [0.3, 0.4) is 0 Å². The maximum atomic E-state index is 9.14. The summed E-state index contributed by atoms with van der Waals surface area (Å²) in [7, 11) is 0. The second-order valence-electron chi connectivity index (χ2n) is 5.88. The van der Waals surface area contributed by atoms with Crippen LogP contribution in [0.2, 0.25) is 0 Å². The van der Waals surface area contributed by atoms with Gasteiger partial charge in [-0.15, -0.1) is 0 Å². The largest absolute Gasteiger partial charge is 0.393 e. The molecule has 0 saturated heterocycles. The maximum Gasteiger partial charge on any atom is 0.0851 e. The van der Waals surface area contributed by atoms with Gasteiger partial charge in [0.15, 0.2) is 0 Å². The van der Waals surface area contributed by atoms with Gasteiger partial charge in [0.25, 0.3) is 0 Å². The Kier molecular flexibility index (Phi) is 9.78. The number of hydrogen-bond acceptors (Lipinski definition) is 3. The van der Waals surface area contributed by atoms with Crippen LogP contribution in [-0.4, -0.2) is 42.1 Å². The number of hydrogen-bond donors (Lipinski definition) is 1. The minimum atomic E-state index is -0.111. The highest BCUT2D eigenvalue weighted by molar-refractivity contribution is 5.56. The summed E-state index contributed by atoms with van der Waals surface area (Å²) >= 11 is 0. The Morgan fingerprint density at radius 1 is 1.00 bits per heavy atom. The van der Waals surface area contributed by atoms with E-state index in [-0.39, 0.29) is 6.10 Å². The van der Waals surface area contributed by atoms with Crippen molar-refractivity contribution in [2.24, 2.45) is 4.99 Å². The van der Waals surface area contributed by atoms with E-state index in [1.165, 1.54) is 64.3 Å². The van der Waals surface area contributed by atoms with E-state index in [0.29, 0.717) is 0 Å². The highest BCUT2D eigenvalue weighted by Crippen LogP contribution is 2.11. The van der Waals surface area contributed by atoms with Crippen LogP contribution in [-0.2, 0) is 0 Å². The van der Waals surface area contributed by atoms with Crippen molar-refractivity contribution in [1.82, 2.24) is 4.90 Å². The fraction of sp³-hybridized carbons (Fsp3) is 0.938. The Balaban J connectivity index is 1.70. The molecule has 1 rings (SSSR count). The van der Waals surface area contributed by atoms with E-state index in [1.54, 1.807) is 0 Å². The molecule has 0 radical (unpaired) electrons. The molecule has 1 aliphatic rings. The summed E-state index contributed by atoms with van der Waals surface area (Å²) < 4.78 is 0. The molecule has 1 atom stereocenters. The first kappa shape index (κ1) is 16.5. The van der Waals surface area contributed by atoms with Crippen LogP contribution in [0.15, 0.2) is 4.99 Å². The van der Waals surface area contributed by atoms with Crippen molar-refractivity contribution in [3.63, 3.8) is 0 Å². The van der Waals surface area contributed by atoms with Gasteiger partial charge in [0.05, 0.1) is 19.0 Å². The number of aliphatic hydroxyl groups excluding tert-OH is 1. The SMILES string of the molecule is CC(O)CCCCCCCCCCCN1C=NCC1. The minimum Gasteiger partial charge on any atom is -0.393 e. The fourth-order valence-corrected chi connectivity index (χ4v) is 2.58. The first-order valence-corrected chi connectivity index (χ1v) is 8.21. The number of aliphatic hydroxyl groups is 1. The van der Waals surface area contributed by atoms with E-state index in [4.69, 9.17) is 5.11 Å². The van der Waals surface area contributed by atoms with Gasteiger partial charge in [0, 0.05) is 13.1 Å². The molecule has 0 amide bonds. The monoisotopic (exact) mass is 268 g/mol. The van der Waals surface area contributed by atoms with Crippen molar-refractivity contribution in [2.45, 2.75) is 77.2 Å². The summed E-state index contributed by atoms with van der Waals surface area (Å²) in [6.07, 6.45) is 14.9. The lowest BCUT2D eigenvalue weighted by molar-refractivity contribution is 0.180. The molecule has 0 aliphatic carbocycles. The molecule has 0 fully saturated rings. The smallest absolute Gasteiger partial charge is 0.0851 e. The molecule has 1 unspecified atom stereocenters. The van der Waals surface area contributed by atoms with Crippen molar-refractivity contribution in [2.75, 3.05) is 19.6 Å². The van der Waals surface area contributed by atoms with E-state index < -0.39 is 0 Å². The first-order chi connectivity index (χ1) is 9.29. The highest BCUT2D eigenvalue weighted by Gasteiger charge is 2.03. The van der Waals surface area contributed by atoms with Crippen LogP contribution in [0.5, 0.6) is 0 Å². The standard InChI is InChI=1S/C16H32N2O/c1-16(19)11-9-7-5-3-2-4-6-8-10-13-18-14-12-17-15-18/h15-16,19H,2-14H2,1H3. The molecule has 3 nitrogen and oxygen atoms in total. The van der Waals surface area contributed by atoms with Gasteiger partial charge >= 0.3 is 0 Å². The predicted molar refractivity (Wildman–Crippen MR) is 82.8 cm³/mol. The predicted octanol–water partition coefficient (Wildman–Crippen LogP) is 3.61. The molecule has 3 heteroatoms. The van der Waals surface area contributed by atoms with Crippen LogP contribution in [0.4, 0.5) is 0 Å². The number of aliphatic imine (C=N–C) groups is 1. The van der Waals surface area contributed by atoms with Crippen LogP contribution in [0.25, 0.3) is 0 Å². The zero-order valence-corrected chi connectivity index (χ0v) is 12.7. The molecule has 1 aliphatic heterocycles. The van der Waals surface area contributed by atoms with E-state index in [9.17, 15) is 0 Å². The molecule has 1 N–H and O–H groups in total. The van der Waals surface area contributed by atoms with Gasteiger partial charge in [-0.2, -0.15) is 0 Å². The van der Waals surface area contributed by atoms with E-state index in [0.717, 1.165) is 19.5 Å². The first-order valence-electron chi connectivity index (χ1n) is 8.21. The van der Waals surface area contributed by atoms with Gasteiger partial charge in [0.1, 0.15) is 0 Å². The van der Waals surface area contributed by atoms with Gasteiger partial charge in [-0.3, -0.25) is 4.99 Å². The summed E-state index contributed by atoms with van der Waals surface area (Å²) in [6.45, 7) is 5.21. The van der Waals surface area contributed by atoms with Crippen molar-refractivity contribution >= 4 is 6.34 Å². The third kappa shape index (κ3) is 9.94. The second kappa shape index (κ2) is 11.3. The minimum absolute atomic E-state index is 0.111. The van der Waals surface area contributed by atoms with Gasteiger partial charge in [0.2, 0.25) is 0 Å². The van der Waals surface area contributed by atoms with Gasteiger partial charge < -0.3 is 10.0 Å². The number of nitrogens with zero attached hydrogens (tertiary/aromatic N) is 2. The summed E-state index contributed by atoms with van der Waals surface area (Å²) in [5.41, 5.74) is 0. The van der Waals surface area contributed by atoms with Crippen LogP contribution in [0.1, 0.15) is 71.1 Å². The van der Waals surface area contributed by atoms with E-state index in [1.807, 2.05) is 13.3 Å². The van der Waals surface area contributed by atoms with Crippen LogP contribution < -0.4 is 0 Å². The fourth-order valence-electron chi connectivity index (χ4n) is 2.58. The van der Waals surface area contributed by atoms with Gasteiger partial charge in [-0.05, 0) is 19.8 Å². The molecular formula is C16H32N2O. The summed E-state index contributed by atoms with van der Waals surface area (Å²) in [6, 6.07) is 0. The molecule has 0 aromatic rings. The Morgan fingerprint density at radius 2 is 1.58 bits per heavy atom. The summed E-state index contributed by atoms with van der Waals surface area (Å²) in [4.78, 5) is 6.56. The molecule has 19 heavy (non-hydrogen) atoms. The third-order valence-electron chi connectivity index (χ3n) is 3.83. The lowest BCUT2D eigenvalue weighted by atomic mass is 10.1. The molecule has 0 bridgehead atoms. The maximum absolute atomic E-state index is 9.14. The van der Waals surface area contributed by atoms with Crippen molar-refractivity contribution < 1.29 is 5.11 Å². The van der Waals surface area contributed by atoms with Gasteiger partial charge in [-0.25, -0.2) is 0 Å². The van der Waals surface area contributed by atoms with Crippen molar-refractivity contribution in [3.05, 3.63) is 0 Å². The molecule has 0 aromatic heterocycles. The Bertz CT molecular complexity index is 229. The quantitative estimate of drug-likeness (QED) is 0.549. The second-order valence-corrected chi connectivity index (χ2v) is 5.88. The summed E-state index contributed by atoms with van der Waals surface area (Å²) in [5, 5.41) is 9.14. The van der Waals surface area contributed by atoms with E-state index >= 15 is 0 Å². The molecule has 0 spiro atoms. The molecule has 0 aromatic carbocycles. The average Bonchev–Trinajstić information content (AvgIpc) is 2.88. The normalized spacial score (nSPS) is 16.2. The lowest BCUT2D eigenvalue weighted by Crippen LogP contribution is -2.20. The Hall–Kier alpha value is -0.570. The molecular weight excluding hydrogens is 236 g/mol. The van der Waals surface area contributed by atoms with Crippen LogP contribution >= 0.6 is 0 Å². The molecule has 0 saturated carbocycles. The Labute approximate surface area is 119 Å². The Morgan fingerprint density at radius 3 is 2.11 bits per heavy atom. The van der Waals surface area contributed by atoms with E-state index in [2.05, 4.69) is 9.89 Å². The lowest BCUT2D eigenvalue weighted by Gasteiger charge is -2.12. The topological polar surface area (TPSA) is 35.8 Å². The average molecular weight is 268 g/mol. The third-order valence-corrected chi connectivity index (χ3v) is 3.83. The molecule has 1 heterocycles. The van der Waals surface area contributed by atoms with Crippen molar-refractivity contribution in [3.8, 4) is 0 Å². The highest BCUT2D eigenvalue weighted by atomic mass is 16.3. The zero-order chi connectivity index (χ0) is 13.8. The van der Waals surface area contributed by atoms with Crippen LogP contribution in [0, 0.1) is 0 Å². The molecule has 112 valence electrons. The number of unbranched alkanes of at least 4 members (excludes halogenated alkanes) is 8. The van der Waals surface area contributed by atoms with Crippen molar-refractivity contribution in [1.29, 1.82) is 0 Å². The summed E-state index contributed by atoms with van der Waals surface area (Å²) in [5.74, 6) is 0. The zero-order valence-electron chi connectivity index (χ0n) is 12.7.